The lowest BCUT2D eigenvalue weighted by Crippen LogP contribution is -2.12. The number of hydrogen-bond donors (Lipinski definition) is 1. The Morgan fingerprint density at radius 2 is 2.33 bits per heavy atom. The zero-order valence-corrected chi connectivity index (χ0v) is 6.15. The molecule has 0 unspecified atom stereocenters. The van der Waals surface area contributed by atoms with Gasteiger partial charge in [0, 0.05) is 11.6 Å². The van der Waals surface area contributed by atoms with E-state index in [1.165, 1.54) is 12.5 Å². The van der Waals surface area contributed by atoms with Gasteiger partial charge in [0.15, 0.2) is 11.3 Å². The molecule has 1 amide bonds. The van der Waals surface area contributed by atoms with Gasteiger partial charge in [-0.3, -0.25) is 4.79 Å². The molecular weight excluding hydrogens is 156 g/mol. The Labute approximate surface area is 68.0 Å². The van der Waals surface area contributed by atoms with Crippen molar-refractivity contribution in [3.05, 3.63) is 30.3 Å². The second-order valence-corrected chi connectivity index (χ2v) is 2.36. The predicted octanol–water partition coefficient (Wildman–Crippen LogP) is 0.927. The van der Waals surface area contributed by atoms with Crippen LogP contribution in [-0.4, -0.2) is 10.9 Å². The number of furan rings is 1. The van der Waals surface area contributed by atoms with Crippen molar-refractivity contribution in [2.45, 2.75) is 0 Å². The number of rotatable bonds is 1. The lowest BCUT2D eigenvalue weighted by atomic mass is 10.2. The molecule has 4 nitrogen and oxygen atoms in total. The van der Waals surface area contributed by atoms with Gasteiger partial charge >= 0.3 is 0 Å². The summed E-state index contributed by atoms with van der Waals surface area (Å²) in [6, 6.07) is 3.51. The van der Waals surface area contributed by atoms with Gasteiger partial charge in [-0.2, -0.15) is 0 Å². The average Bonchev–Trinajstić information content (AvgIpc) is 2.49. The van der Waals surface area contributed by atoms with Crippen molar-refractivity contribution in [1.29, 1.82) is 0 Å². The van der Waals surface area contributed by atoms with Crippen molar-refractivity contribution < 1.29 is 9.21 Å². The van der Waals surface area contributed by atoms with Crippen LogP contribution in [0.15, 0.2) is 29.0 Å². The van der Waals surface area contributed by atoms with E-state index in [2.05, 4.69) is 4.98 Å². The molecule has 0 aliphatic carbocycles. The van der Waals surface area contributed by atoms with Crippen molar-refractivity contribution >= 4 is 16.9 Å². The first-order valence-electron chi connectivity index (χ1n) is 3.41. The molecular formula is C8H6N2O2. The van der Waals surface area contributed by atoms with E-state index in [0.717, 1.165) is 5.39 Å². The second-order valence-electron chi connectivity index (χ2n) is 2.36. The topological polar surface area (TPSA) is 69.1 Å². The van der Waals surface area contributed by atoms with Crippen molar-refractivity contribution in [3.8, 4) is 0 Å². The molecule has 12 heavy (non-hydrogen) atoms. The fourth-order valence-corrected chi connectivity index (χ4v) is 1.07. The molecule has 2 rings (SSSR count). The highest BCUT2D eigenvalue weighted by Crippen LogP contribution is 2.16. The van der Waals surface area contributed by atoms with Crippen LogP contribution in [0, 0.1) is 0 Å². The molecule has 2 aromatic rings. The third-order valence-corrected chi connectivity index (χ3v) is 1.60. The normalized spacial score (nSPS) is 10.3. The number of nitrogens with two attached hydrogens (primary N) is 1. The SMILES string of the molecule is NC(=O)c1nccc2ccoc12. The first-order chi connectivity index (χ1) is 5.79. The monoisotopic (exact) mass is 162 g/mol. The fourth-order valence-electron chi connectivity index (χ4n) is 1.07. The number of carbonyl (C=O) groups excluding carboxylic acids is 1. The standard InChI is InChI=1S/C8H6N2O2/c9-8(11)6-7-5(1-3-10-6)2-4-12-7/h1-4H,(H2,9,11). The first kappa shape index (κ1) is 6.84. The first-order valence-corrected chi connectivity index (χ1v) is 3.41. The van der Waals surface area contributed by atoms with Gasteiger partial charge in [-0.05, 0) is 12.1 Å². The van der Waals surface area contributed by atoms with Gasteiger partial charge in [0.2, 0.25) is 0 Å². The van der Waals surface area contributed by atoms with Crippen molar-refractivity contribution in [3.63, 3.8) is 0 Å². The summed E-state index contributed by atoms with van der Waals surface area (Å²) in [5, 5.41) is 0.832. The summed E-state index contributed by atoms with van der Waals surface area (Å²) in [5.41, 5.74) is 5.70. The molecule has 0 bridgehead atoms. The summed E-state index contributed by atoms with van der Waals surface area (Å²) < 4.78 is 5.05. The highest BCUT2D eigenvalue weighted by Gasteiger charge is 2.09. The maximum atomic E-state index is 10.8. The zero-order chi connectivity index (χ0) is 8.55. The minimum Gasteiger partial charge on any atom is -0.462 e. The highest BCUT2D eigenvalue weighted by molar-refractivity contribution is 6.01. The summed E-state index contributed by atoms with van der Waals surface area (Å²) in [7, 11) is 0. The fraction of sp³-hybridized carbons (Fsp3) is 0. The van der Waals surface area contributed by atoms with Crippen molar-refractivity contribution in [2.75, 3.05) is 0 Å². The number of fused-ring (bicyclic) bond motifs is 1. The van der Waals surface area contributed by atoms with Crippen LogP contribution in [-0.2, 0) is 0 Å². The molecule has 2 aromatic heterocycles. The molecule has 0 aliphatic rings. The van der Waals surface area contributed by atoms with Gasteiger partial charge in [0.05, 0.1) is 6.26 Å². The van der Waals surface area contributed by atoms with Crippen LogP contribution in [0.3, 0.4) is 0 Å². The van der Waals surface area contributed by atoms with E-state index in [0.29, 0.717) is 5.58 Å². The largest absolute Gasteiger partial charge is 0.462 e. The Morgan fingerprint density at radius 1 is 1.50 bits per heavy atom. The van der Waals surface area contributed by atoms with E-state index in [-0.39, 0.29) is 5.69 Å². The molecule has 2 N–H and O–H groups in total. The van der Waals surface area contributed by atoms with Crippen LogP contribution in [0.25, 0.3) is 11.0 Å². The number of nitrogens with zero attached hydrogens (tertiary/aromatic N) is 1. The Hall–Kier alpha value is -1.84. The molecule has 0 aromatic carbocycles. The highest BCUT2D eigenvalue weighted by atomic mass is 16.3. The summed E-state index contributed by atoms with van der Waals surface area (Å²) in [4.78, 5) is 14.6. The minimum absolute atomic E-state index is 0.178. The maximum absolute atomic E-state index is 10.8. The van der Waals surface area contributed by atoms with Crippen LogP contribution in [0.5, 0.6) is 0 Å². The molecule has 0 atom stereocenters. The van der Waals surface area contributed by atoms with Crippen LogP contribution in [0.1, 0.15) is 10.5 Å². The molecule has 0 fully saturated rings. The van der Waals surface area contributed by atoms with Crippen molar-refractivity contribution in [1.82, 2.24) is 4.98 Å². The molecule has 0 spiro atoms. The number of carbonyl (C=O) groups is 1. The van der Waals surface area contributed by atoms with Gasteiger partial charge in [0.25, 0.3) is 5.91 Å². The van der Waals surface area contributed by atoms with Crippen LogP contribution >= 0.6 is 0 Å². The summed E-state index contributed by atoms with van der Waals surface area (Å²) in [5.74, 6) is -0.574. The molecule has 2 heterocycles. The second kappa shape index (κ2) is 2.34. The summed E-state index contributed by atoms with van der Waals surface area (Å²) in [6.45, 7) is 0. The van der Waals surface area contributed by atoms with E-state index in [1.54, 1.807) is 12.1 Å². The number of pyridine rings is 1. The Balaban J connectivity index is 2.82. The Morgan fingerprint density at radius 3 is 3.08 bits per heavy atom. The van der Waals surface area contributed by atoms with E-state index < -0.39 is 5.91 Å². The molecule has 0 aliphatic heterocycles. The summed E-state index contributed by atoms with van der Waals surface area (Å²) >= 11 is 0. The van der Waals surface area contributed by atoms with E-state index in [1.807, 2.05) is 0 Å². The lowest BCUT2D eigenvalue weighted by molar-refractivity contribution is 0.0996. The predicted molar refractivity (Wildman–Crippen MR) is 42.5 cm³/mol. The number of amides is 1. The van der Waals surface area contributed by atoms with Crippen LogP contribution in [0.4, 0.5) is 0 Å². The molecule has 60 valence electrons. The average molecular weight is 162 g/mol. The molecule has 4 heteroatoms. The zero-order valence-electron chi connectivity index (χ0n) is 6.15. The van der Waals surface area contributed by atoms with E-state index >= 15 is 0 Å². The third kappa shape index (κ3) is 0.852. The maximum Gasteiger partial charge on any atom is 0.271 e. The minimum atomic E-state index is -0.574. The molecule has 0 saturated carbocycles. The van der Waals surface area contributed by atoms with Gasteiger partial charge in [0.1, 0.15) is 0 Å². The Kier molecular flexibility index (Phi) is 1.33. The Bertz CT molecular complexity index is 433. The lowest BCUT2D eigenvalue weighted by Gasteiger charge is -1.93. The van der Waals surface area contributed by atoms with Gasteiger partial charge < -0.3 is 10.2 Å². The van der Waals surface area contributed by atoms with Crippen molar-refractivity contribution in [2.24, 2.45) is 5.73 Å². The molecule has 0 radical (unpaired) electrons. The van der Waals surface area contributed by atoms with Crippen LogP contribution in [0.2, 0.25) is 0 Å². The quantitative estimate of drug-likeness (QED) is 0.678. The van der Waals surface area contributed by atoms with Gasteiger partial charge in [-0.15, -0.1) is 0 Å². The van der Waals surface area contributed by atoms with E-state index in [4.69, 9.17) is 10.2 Å². The van der Waals surface area contributed by atoms with Gasteiger partial charge in [-0.1, -0.05) is 0 Å². The molecule has 0 saturated heterocycles. The van der Waals surface area contributed by atoms with E-state index in [9.17, 15) is 4.79 Å². The third-order valence-electron chi connectivity index (χ3n) is 1.60. The summed E-state index contributed by atoms with van der Waals surface area (Å²) in [6.07, 6.45) is 3.02. The number of hydrogen-bond acceptors (Lipinski definition) is 3. The van der Waals surface area contributed by atoms with Gasteiger partial charge in [-0.25, -0.2) is 4.98 Å². The van der Waals surface area contributed by atoms with Crippen LogP contribution < -0.4 is 5.73 Å². The smallest absolute Gasteiger partial charge is 0.271 e. The number of primary amides is 1. The number of aromatic nitrogens is 1.